The first-order chi connectivity index (χ1) is 8.98. The quantitative estimate of drug-likeness (QED) is 0.860. The molecule has 0 spiro atoms. The molecule has 0 radical (unpaired) electrons. The number of benzene rings is 2. The molecule has 3 rings (SSSR count). The van der Waals surface area contributed by atoms with Crippen molar-refractivity contribution in [2.45, 2.75) is 6.29 Å². The fraction of sp³-hybridized carbons (Fsp3) is 0.0769. The van der Waals surface area contributed by atoms with Gasteiger partial charge in [0, 0.05) is 11.1 Å². The fourth-order valence-electron chi connectivity index (χ4n) is 1.91. The van der Waals surface area contributed by atoms with Crippen molar-refractivity contribution < 1.29 is 27.8 Å². The molecule has 2 aromatic rings. The summed E-state index contributed by atoms with van der Waals surface area (Å²) in [4.78, 5) is 0. The highest BCUT2D eigenvalue weighted by Gasteiger charge is 2.46. The minimum atomic E-state index is -3.91. The third-order valence-corrected chi connectivity index (χ3v) is 2.70. The molecule has 3 nitrogen and oxygen atoms in total. The molecule has 0 atom stereocenters. The minimum absolute atomic E-state index is 0.130. The number of phenolic OH excluding ortho intramolecular Hbond substituents is 1. The summed E-state index contributed by atoms with van der Waals surface area (Å²) in [6.45, 7) is 0. The van der Waals surface area contributed by atoms with Gasteiger partial charge in [0.15, 0.2) is 11.6 Å². The average molecular weight is 268 g/mol. The fourth-order valence-corrected chi connectivity index (χ4v) is 1.91. The number of phenols is 1. The lowest BCUT2D eigenvalue weighted by Gasteiger charge is -2.08. The van der Waals surface area contributed by atoms with E-state index >= 15 is 0 Å². The van der Waals surface area contributed by atoms with E-state index in [1.54, 1.807) is 12.1 Å². The minimum Gasteiger partial charge on any atom is -0.507 e. The smallest absolute Gasteiger partial charge is 0.507 e. The van der Waals surface area contributed by atoms with Gasteiger partial charge in [-0.05, 0) is 18.2 Å². The monoisotopic (exact) mass is 268 g/mol. The summed E-state index contributed by atoms with van der Waals surface area (Å²) < 4.78 is 47.9. The van der Waals surface area contributed by atoms with Gasteiger partial charge in [0.2, 0.25) is 5.75 Å². The highest BCUT2D eigenvalue weighted by Crippen LogP contribution is 2.49. The molecule has 1 aliphatic heterocycles. The highest BCUT2D eigenvalue weighted by atomic mass is 19.3. The Morgan fingerprint density at radius 1 is 0.895 bits per heavy atom. The standard InChI is InChI=1S/C13H7F3O3/c14-9-6-5-8(7-3-1-2-4-10(7)17)11-12(9)19-13(15,16)18-11/h1-6,17H. The number of alkyl halides is 2. The van der Waals surface area contributed by atoms with E-state index in [1.807, 2.05) is 0 Å². The Morgan fingerprint density at radius 3 is 2.32 bits per heavy atom. The van der Waals surface area contributed by atoms with Crippen LogP contribution in [-0.2, 0) is 0 Å². The number of ether oxygens (including phenoxy) is 2. The van der Waals surface area contributed by atoms with Crippen LogP contribution in [0.2, 0.25) is 0 Å². The van der Waals surface area contributed by atoms with Crippen LogP contribution in [0.25, 0.3) is 11.1 Å². The van der Waals surface area contributed by atoms with Crippen molar-refractivity contribution in [3.8, 4) is 28.4 Å². The Kier molecular flexibility index (Phi) is 2.35. The number of rotatable bonds is 1. The third-order valence-electron chi connectivity index (χ3n) is 2.70. The molecule has 1 aliphatic rings. The molecule has 0 aromatic heterocycles. The van der Waals surface area contributed by atoms with Crippen LogP contribution in [-0.4, -0.2) is 11.4 Å². The number of aromatic hydroxyl groups is 1. The molecule has 0 amide bonds. The molecule has 1 N–H and O–H groups in total. The molecule has 6 heteroatoms. The van der Waals surface area contributed by atoms with E-state index in [0.717, 1.165) is 6.07 Å². The van der Waals surface area contributed by atoms with Gasteiger partial charge in [-0.1, -0.05) is 18.2 Å². The second-order valence-electron chi connectivity index (χ2n) is 3.94. The van der Waals surface area contributed by atoms with Gasteiger partial charge in [0.25, 0.3) is 0 Å². The molecule has 1 heterocycles. The normalized spacial score (nSPS) is 15.5. The Bertz CT molecular complexity index is 656. The summed E-state index contributed by atoms with van der Waals surface area (Å²) in [5.41, 5.74) is 0.381. The second-order valence-corrected chi connectivity index (χ2v) is 3.94. The van der Waals surface area contributed by atoms with Gasteiger partial charge in [-0.3, -0.25) is 0 Å². The topological polar surface area (TPSA) is 38.7 Å². The number of para-hydroxylation sites is 1. The van der Waals surface area contributed by atoms with E-state index < -0.39 is 23.6 Å². The van der Waals surface area contributed by atoms with Crippen LogP contribution in [0.1, 0.15) is 0 Å². The predicted molar refractivity (Wildman–Crippen MR) is 59.7 cm³/mol. The first-order valence-corrected chi connectivity index (χ1v) is 5.35. The largest absolute Gasteiger partial charge is 0.586 e. The molecule has 19 heavy (non-hydrogen) atoms. The van der Waals surface area contributed by atoms with Crippen molar-refractivity contribution in [3.63, 3.8) is 0 Å². The van der Waals surface area contributed by atoms with Crippen LogP contribution in [0.5, 0.6) is 17.2 Å². The maximum absolute atomic E-state index is 13.4. The molecule has 2 aromatic carbocycles. The average Bonchev–Trinajstić information content (AvgIpc) is 2.67. The van der Waals surface area contributed by atoms with E-state index in [2.05, 4.69) is 9.47 Å². The third kappa shape index (κ3) is 1.85. The molecule has 0 unspecified atom stereocenters. The molecule has 0 aliphatic carbocycles. The zero-order valence-electron chi connectivity index (χ0n) is 9.36. The van der Waals surface area contributed by atoms with Crippen molar-refractivity contribution in [1.82, 2.24) is 0 Å². The first kappa shape index (κ1) is 11.7. The molecule has 0 saturated heterocycles. The van der Waals surface area contributed by atoms with Crippen LogP contribution >= 0.6 is 0 Å². The van der Waals surface area contributed by atoms with Gasteiger partial charge in [-0.25, -0.2) is 4.39 Å². The van der Waals surface area contributed by atoms with Gasteiger partial charge in [0.1, 0.15) is 5.75 Å². The summed E-state index contributed by atoms with van der Waals surface area (Å²) >= 11 is 0. The zero-order chi connectivity index (χ0) is 13.6. The van der Waals surface area contributed by atoms with Crippen molar-refractivity contribution in [1.29, 1.82) is 0 Å². The Balaban J connectivity index is 2.22. The van der Waals surface area contributed by atoms with E-state index in [0.29, 0.717) is 0 Å². The summed E-state index contributed by atoms with van der Waals surface area (Å²) in [7, 11) is 0. The van der Waals surface area contributed by atoms with E-state index in [1.165, 1.54) is 18.2 Å². The summed E-state index contributed by atoms with van der Waals surface area (Å²) in [6, 6.07) is 8.30. The van der Waals surface area contributed by atoms with Gasteiger partial charge in [-0.15, -0.1) is 8.78 Å². The Labute approximate surface area is 105 Å². The number of fused-ring (bicyclic) bond motifs is 1. The number of hydrogen-bond acceptors (Lipinski definition) is 3. The summed E-state index contributed by atoms with van der Waals surface area (Å²) in [6.07, 6.45) is -3.91. The SMILES string of the molecule is Oc1ccccc1-c1ccc(F)c2c1OC(F)(F)O2. The van der Waals surface area contributed by atoms with Crippen molar-refractivity contribution in [3.05, 3.63) is 42.2 Å². The summed E-state index contributed by atoms with van der Waals surface area (Å²) in [5, 5.41) is 9.72. The first-order valence-electron chi connectivity index (χ1n) is 5.35. The van der Waals surface area contributed by atoms with Gasteiger partial charge < -0.3 is 14.6 Å². The Morgan fingerprint density at radius 2 is 1.58 bits per heavy atom. The second kappa shape index (κ2) is 3.81. The molecule has 0 bridgehead atoms. The van der Waals surface area contributed by atoms with Gasteiger partial charge in [0.05, 0.1) is 0 Å². The number of halogens is 3. The lowest BCUT2D eigenvalue weighted by molar-refractivity contribution is -0.287. The molecule has 98 valence electrons. The van der Waals surface area contributed by atoms with E-state index in [9.17, 15) is 18.3 Å². The molecule has 0 saturated carbocycles. The van der Waals surface area contributed by atoms with Crippen molar-refractivity contribution >= 4 is 0 Å². The lowest BCUT2D eigenvalue weighted by atomic mass is 10.0. The van der Waals surface area contributed by atoms with Crippen LogP contribution in [0.4, 0.5) is 13.2 Å². The van der Waals surface area contributed by atoms with E-state index in [-0.39, 0.29) is 16.9 Å². The highest BCUT2D eigenvalue weighted by molar-refractivity contribution is 5.78. The van der Waals surface area contributed by atoms with Crippen LogP contribution in [0.3, 0.4) is 0 Å². The van der Waals surface area contributed by atoms with Crippen LogP contribution in [0, 0.1) is 5.82 Å². The van der Waals surface area contributed by atoms with Crippen LogP contribution < -0.4 is 9.47 Å². The van der Waals surface area contributed by atoms with Gasteiger partial charge >= 0.3 is 6.29 Å². The number of hydrogen-bond donors (Lipinski definition) is 1. The van der Waals surface area contributed by atoms with Gasteiger partial charge in [-0.2, -0.15) is 0 Å². The Hall–Kier alpha value is -2.37. The molecular formula is C13H7F3O3. The predicted octanol–water partition coefficient (Wildman–Crippen LogP) is 3.52. The molecular weight excluding hydrogens is 261 g/mol. The summed E-state index contributed by atoms with van der Waals surface area (Å²) in [5.74, 6) is -2.17. The lowest BCUT2D eigenvalue weighted by Crippen LogP contribution is -2.26. The van der Waals surface area contributed by atoms with Crippen molar-refractivity contribution in [2.24, 2.45) is 0 Å². The zero-order valence-corrected chi connectivity index (χ0v) is 9.36. The van der Waals surface area contributed by atoms with E-state index in [4.69, 9.17) is 0 Å². The van der Waals surface area contributed by atoms with Crippen LogP contribution in [0.15, 0.2) is 36.4 Å². The van der Waals surface area contributed by atoms with Crippen molar-refractivity contribution in [2.75, 3.05) is 0 Å². The maximum Gasteiger partial charge on any atom is 0.586 e. The molecule has 0 fully saturated rings. The maximum atomic E-state index is 13.4.